The zero-order valence-electron chi connectivity index (χ0n) is 12.8. The first-order valence-corrected chi connectivity index (χ1v) is 7.93. The van der Waals surface area contributed by atoms with Crippen molar-refractivity contribution in [2.45, 2.75) is 12.8 Å². The number of fused-ring (bicyclic) bond motifs is 1. The number of amides is 1. The van der Waals surface area contributed by atoms with Gasteiger partial charge in [-0.05, 0) is 25.0 Å². The number of rotatable bonds is 2. The Hall–Kier alpha value is -2.63. The van der Waals surface area contributed by atoms with Crippen molar-refractivity contribution >= 4 is 17.4 Å². The Morgan fingerprint density at radius 3 is 2.78 bits per heavy atom. The molecule has 0 bridgehead atoms. The molecule has 0 atom stereocenters. The number of carbonyl (C=O) groups excluding carboxylic acids is 1. The molecule has 1 aromatic heterocycles. The molecule has 23 heavy (non-hydrogen) atoms. The van der Waals surface area contributed by atoms with Gasteiger partial charge in [0.25, 0.3) is 5.91 Å². The highest BCUT2D eigenvalue weighted by Crippen LogP contribution is 2.31. The molecular weight excluding hydrogens is 292 g/mol. The molecular formula is C17H18N4O2. The number of hydrogen-bond donors (Lipinski definition) is 0. The lowest BCUT2D eigenvalue weighted by atomic mass is 10.2. The molecule has 2 aliphatic rings. The molecule has 0 unspecified atom stereocenters. The van der Waals surface area contributed by atoms with Crippen LogP contribution in [0, 0.1) is 0 Å². The summed E-state index contributed by atoms with van der Waals surface area (Å²) in [5, 5.41) is 0. The van der Waals surface area contributed by atoms with Crippen LogP contribution < -0.4 is 14.5 Å². The lowest BCUT2D eigenvalue weighted by molar-refractivity contribution is 0.0971. The molecule has 4 rings (SSSR count). The topological polar surface area (TPSA) is 58.6 Å². The van der Waals surface area contributed by atoms with Crippen LogP contribution in [0.5, 0.6) is 5.75 Å². The molecule has 1 saturated heterocycles. The number of hydrogen-bond acceptors (Lipinski definition) is 5. The second-order valence-electron chi connectivity index (χ2n) is 5.73. The van der Waals surface area contributed by atoms with Gasteiger partial charge in [-0.15, -0.1) is 0 Å². The molecule has 2 aliphatic heterocycles. The molecule has 3 heterocycles. The van der Waals surface area contributed by atoms with E-state index in [2.05, 4.69) is 14.9 Å². The van der Waals surface area contributed by atoms with E-state index < -0.39 is 0 Å². The van der Waals surface area contributed by atoms with Gasteiger partial charge < -0.3 is 14.5 Å². The van der Waals surface area contributed by atoms with Crippen LogP contribution in [-0.4, -0.2) is 42.1 Å². The fraction of sp³-hybridized carbons (Fsp3) is 0.353. The van der Waals surface area contributed by atoms with E-state index in [-0.39, 0.29) is 5.91 Å². The molecule has 0 spiro atoms. The summed E-state index contributed by atoms with van der Waals surface area (Å²) in [4.78, 5) is 25.5. The quantitative estimate of drug-likeness (QED) is 0.850. The SMILES string of the molecule is O=C(c1cncc(N2CCCC2)n1)N1CCOc2ccccc21. The molecule has 0 saturated carbocycles. The summed E-state index contributed by atoms with van der Waals surface area (Å²) < 4.78 is 5.61. The minimum atomic E-state index is -0.130. The van der Waals surface area contributed by atoms with E-state index in [1.807, 2.05) is 24.3 Å². The Bertz CT molecular complexity index is 728. The Morgan fingerprint density at radius 1 is 1.09 bits per heavy atom. The minimum Gasteiger partial charge on any atom is -0.490 e. The fourth-order valence-electron chi connectivity index (χ4n) is 3.08. The number of para-hydroxylation sites is 2. The van der Waals surface area contributed by atoms with E-state index in [0.29, 0.717) is 18.8 Å². The van der Waals surface area contributed by atoms with Crippen molar-refractivity contribution in [3.63, 3.8) is 0 Å². The van der Waals surface area contributed by atoms with Gasteiger partial charge in [0.2, 0.25) is 0 Å². The van der Waals surface area contributed by atoms with Crippen molar-refractivity contribution in [1.29, 1.82) is 0 Å². The Balaban J connectivity index is 1.64. The second-order valence-corrected chi connectivity index (χ2v) is 5.73. The zero-order chi connectivity index (χ0) is 15.6. The molecule has 0 radical (unpaired) electrons. The maximum atomic E-state index is 12.9. The van der Waals surface area contributed by atoms with Crippen LogP contribution in [0.25, 0.3) is 0 Å². The maximum Gasteiger partial charge on any atom is 0.278 e. The van der Waals surface area contributed by atoms with E-state index in [4.69, 9.17) is 4.74 Å². The number of carbonyl (C=O) groups is 1. The summed E-state index contributed by atoms with van der Waals surface area (Å²) >= 11 is 0. The third-order valence-corrected chi connectivity index (χ3v) is 4.24. The Kier molecular flexibility index (Phi) is 3.57. The molecule has 0 N–H and O–H groups in total. The number of ether oxygens (including phenoxy) is 1. The summed E-state index contributed by atoms with van der Waals surface area (Å²) in [5.41, 5.74) is 1.17. The van der Waals surface area contributed by atoms with E-state index in [1.165, 1.54) is 0 Å². The van der Waals surface area contributed by atoms with Gasteiger partial charge in [0.1, 0.15) is 23.9 Å². The van der Waals surface area contributed by atoms with Crippen molar-refractivity contribution in [3.8, 4) is 5.75 Å². The molecule has 1 aromatic carbocycles. The van der Waals surface area contributed by atoms with Gasteiger partial charge in [-0.2, -0.15) is 0 Å². The predicted molar refractivity (Wildman–Crippen MR) is 87.1 cm³/mol. The number of nitrogens with zero attached hydrogens (tertiary/aromatic N) is 4. The first-order chi connectivity index (χ1) is 11.3. The van der Waals surface area contributed by atoms with Crippen LogP contribution >= 0.6 is 0 Å². The van der Waals surface area contributed by atoms with E-state index in [9.17, 15) is 4.79 Å². The van der Waals surface area contributed by atoms with Gasteiger partial charge in [0.05, 0.1) is 24.6 Å². The summed E-state index contributed by atoms with van der Waals surface area (Å²) in [6, 6.07) is 7.58. The van der Waals surface area contributed by atoms with Crippen LogP contribution in [0.2, 0.25) is 0 Å². The molecule has 6 heteroatoms. The van der Waals surface area contributed by atoms with Crippen LogP contribution in [0.1, 0.15) is 23.3 Å². The average Bonchev–Trinajstić information content (AvgIpc) is 3.15. The first-order valence-electron chi connectivity index (χ1n) is 7.93. The standard InChI is InChI=1S/C17H18N4O2/c22-17(21-9-10-23-15-6-2-1-5-14(15)21)13-11-18-12-16(19-13)20-7-3-4-8-20/h1-2,5-6,11-12H,3-4,7-10H2. The highest BCUT2D eigenvalue weighted by molar-refractivity contribution is 6.05. The molecule has 0 aliphatic carbocycles. The maximum absolute atomic E-state index is 12.9. The van der Waals surface area contributed by atoms with Crippen molar-refractivity contribution in [3.05, 3.63) is 42.4 Å². The second kappa shape index (κ2) is 5.87. The Labute approximate surface area is 134 Å². The van der Waals surface area contributed by atoms with Gasteiger partial charge in [0.15, 0.2) is 0 Å². The fourth-order valence-corrected chi connectivity index (χ4v) is 3.08. The molecule has 2 aromatic rings. The molecule has 118 valence electrons. The number of aromatic nitrogens is 2. The van der Waals surface area contributed by atoms with Gasteiger partial charge in [-0.1, -0.05) is 12.1 Å². The van der Waals surface area contributed by atoms with Crippen LogP contribution in [0.15, 0.2) is 36.7 Å². The minimum absolute atomic E-state index is 0.130. The Morgan fingerprint density at radius 2 is 1.91 bits per heavy atom. The van der Waals surface area contributed by atoms with Crippen molar-refractivity contribution in [1.82, 2.24) is 9.97 Å². The molecule has 1 amide bonds. The molecule has 6 nitrogen and oxygen atoms in total. The summed E-state index contributed by atoms with van der Waals surface area (Å²) in [7, 11) is 0. The summed E-state index contributed by atoms with van der Waals surface area (Å²) in [5.74, 6) is 1.39. The number of anilines is 2. The zero-order valence-corrected chi connectivity index (χ0v) is 12.8. The first kappa shape index (κ1) is 14.0. The lowest BCUT2D eigenvalue weighted by Crippen LogP contribution is -2.38. The van der Waals surface area contributed by atoms with E-state index >= 15 is 0 Å². The van der Waals surface area contributed by atoms with Crippen molar-refractivity contribution in [2.75, 3.05) is 36.0 Å². The van der Waals surface area contributed by atoms with Crippen molar-refractivity contribution < 1.29 is 9.53 Å². The van der Waals surface area contributed by atoms with Gasteiger partial charge >= 0.3 is 0 Å². The van der Waals surface area contributed by atoms with Crippen LogP contribution in [0.3, 0.4) is 0 Å². The highest BCUT2D eigenvalue weighted by Gasteiger charge is 2.26. The van der Waals surface area contributed by atoms with E-state index in [1.54, 1.807) is 17.3 Å². The largest absolute Gasteiger partial charge is 0.490 e. The highest BCUT2D eigenvalue weighted by atomic mass is 16.5. The third kappa shape index (κ3) is 2.60. The van der Waals surface area contributed by atoms with Crippen LogP contribution in [0.4, 0.5) is 11.5 Å². The van der Waals surface area contributed by atoms with Gasteiger partial charge in [-0.3, -0.25) is 9.78 Å². The summed E-state index contributed by atoms with van der Waals surface area (Å²) in [6.45, 7) is 2.97. The van der Waals surface area contributed by atoms with Gasteiger partial charge in [-0.25, -0.2) is 4.98 Å². The third-order valence-electron chi connectivity index (χ3n) is 4.24. The normalized spacial score (nSPS) is 16.9. The predicted octanol–water partition coefficient (Wildman–Crippen LogP) is 2.12. The van der Waals surface area contributed by atoms with Gasteiger partial charge in [0, 0.05) is 13.1 Å². The van der Waals surface area contributed by atoms with Crippen molar-refractivity contribution in [2.24, 2.45) is 0 Å². The lowest BCUT2D eigenvalue weighted by Gasteiger charge is -2.29. The molecule has 1 fully saturated rings. The summed E-state index contributed by atoms with van der Waals surface area (Å²) in [6.07, 6.45) is 5.60. The monoisotopic (exact) mass is 310 g/mol. The van der Waals surface area contributed by atoms with E-state index in [0.717, 1.165) is 43.2 Å². The smallest absolute Gasteiger partial charge is 0.278 e. The number of benzene rings is 1. The average molecular weight is 310 g/mol. The van der Waals surface area contributed by atoms with Crippen LogP contribution in [-0.2, 0) is 0 Å².